The molecule has 0 atom stereocenters. The highest BCUT2D eigenvalue weighted by Gasteiger charge is 2.12. The van der Waals surface area contributed by atoms with Crippen LogP contribution in [0.25, 0.3) is 10.9 Å². The minimum Gasteiger partial charge on any atom is -0.347 e. The van der Waals surface area contributed by atoms with Gasteiger partial charge in [0.1, 0.15) is 17.3 Å². The van der Waals surface area contributed by atoms with Crippen LogP contribution in [0.1, 0.15) is 6.42 Å². The molecule has 0 aliphatic rings. The molecular formula is C17H14F2N2O. The molecule has 0 saturated heterocycles. The Hall–Kier alpha value is -2.69. The second-order valence-electron chi connectivity index (χ2n) is 4.96. The van der Waals surface area contributed by atoms with Crippen molar-refractivity contribution in [3.63, 3.8) is 0 Å². The van der Waals surface area contributed by atoms with Crippen LogP contribution in [0, 0.1) is 11.6 Å². The number of nitrogens with one attached hydrogen (secondary N) is 1. The van der Waals surface area contributed by atoms with Gasteiger partial charge >= 0.3 is 0 Å². The lowest BCUT2D eigenvalue weighted by molar-refractivity contribution is -0.116. The highest BCUT2D eigenvalue weighted by atomic mass is 19.1. The molecule has 0 saturated carbocycles. The number of carbonyl (C=O) groups is 1. The zero-order chi connectivity index (χ0) is 15.5. The quantitative estimate of drug-likeness (QED) is 0.778. The summed E-state index contributed by atoms with van der Waals surface area (Å²) in [4.78, 5) is 11.9. The number of hydrogen-bond donors (Lipinski definition) is 1. The maximum Gasteiger partial charge on any atom is 0.226 e. The SMILES string of the molecule is O=C(CCn1ccc2ccccc21)Nc1c(F)cccc1F. The summed E-state index contributed by atoms with van der Waals surface area (Å²) in [6, 6.07) is 13.3. The smallest absolute Gasteiger partial charge is 0.226 e. The average molecular weight is 300 g/mol. The number of fused-ring (bicyclic) bond motifs is 1. The highest BCUT2D eigenvalue weighted by molar-refractivity contribution is 5.91. The Kier molecular flexibility index (Phi) is 3.87. The van der Waals surface area contributed by atoms with E-state index in [1.165, 1.54) is 6.07 Å². The lowest BCUT2D eigenvalue weighted by Gasteiger charge is -2.08. The predicted molar refractivity (Wildman–Crippen MR) is 81.5 cm³/mol. The van der Waals surface area contributed by atoms with Crippen molar-refractivity contribution in [2.45, 2.75) is 13.0 Å². The summed E-state index contributed by atoms with van der Waals surface area (Å²) in [6.07, 6.45) is 2.02. The number of para-hydroxylation sites is 2. The number of carbonyl (C=O) groups excluding carboxylic acids is 1. The number of amides is 1. The fraction of sp³-hybridized carbons (Fsp3) is 0.118. The van der Waals surface area contributed by atoms with Gasteiger partial charge in [-0.3, -0.25) is 4.79 Å². The Balaban J connectivity index is 1.68. The number of nitrogens with zero attached hydrogens (tertiary/aromatic N) is 1. The third-order valence-electron chi connectivity index (χ3n) is 3.49. The molecule has 3 aromatic rings. The zero-order valence-electron chi connectivity index (χ0n) is 11.7. The van der Waals surface area contributed by atoms with Gasteiger partial charge in [-0.05, 0) is 29.7 Å². The van der Waals surface area contributed by atoms with E-state index in [0.29, 0.717) is 6.54 Å². The number of aryl methyl sites for hydroxylation is 1. The van der Waals surface area contributed by atoms with E-state index in [1.54, 1.807) is 0 Å². The Morgan fingerprint density at radius 1 is 1.00 bits per heavy atom. The minimum absolute atomic E-state index is 0.131. The Morgan fingerprint density at radius 2 is 1.73 bits per heavy atom. The van der Waals surface area contributed by atoms with E-state index in [2.05, 4.69) is 5.32 Å². The van der Waals surface area contributed by atoms with Gasteiger partial charge in [0.15, 0.2) is 0 Å². The first-order valence-corrected chi connectivity index (χ1v) is 6.93. The second-order valence-corrected chi connectivity index (χ2v) is 4.96. The monoisotopic (exact) mass is 300 g/mol. The van der Waals surface area contributed by atoms with Gasteiger partial charge < -0.3 is 9.88 Å². The number of halogens is 2. The molecule has 1 heterocycles. The van der Waals surface area contributed by atoms with Gasteiger partial charge in [-0.1, -0.05) is 24.3 Å². The van der Waals surface area contributed by atoms with Crippen molar-refractivity contribution in [3.05, 3.63) is 66.4 Å². The Bertz CT molecular complexity index is 806. The number of anilines is 1. The summed E-state index contributed by atoms with van der Waals surface area (Å²) in [5.41, 5.74) is 0.622. The molecule has 1 N–H and O–H groups in total. The van der Waals surface area contributed by atoms with Crippen LogP contribution in [0.5, 0.6) is 0 Å². The van der Waals surface area contributed by atoms with E-state index in [4.69, 9.17) is 0 Å². The van der Waals surface area contributed by atoms with Crippen molar-refractivity contribution < 1.29 is 13.6 Å². The molecule has 0 radical (unpaired) electrons. The summed E-state index contributed by atoms with van der Waals surface area (Å²) in [5, 5.41) is 3.37. The number of benzene rings is 2. The molecule has 2 aromatic carbocycles. The van der Waals surface area contributed by atoms with E-state index < -0.39 is 23.2 Å². The topological polar surface area (TPSA) is 34.0 Å². The molecule has 0 bridgehead atoms. The first kappa shape index (κ1) is 14.3. The fourth-order valence-corrected chi connectivity index (χ4v) is 2.38. The van der Waals surface area contributed by atoms with Crippen LogP contribution in [0.3, 0.4) is 0 Å². The van der Waals surface area contributed by atoms with Crippen LogP contribution in [-0.2, 0) is 11.3 Å². The van der Waals surface area contributed by atoms with Gasteiger partial charge in [0.25, 0.3) is 0 Å². The lowest BCUT2D eigenvalue weighted by Crippen LogP contribution is -2.16. The Labute approximate surface area is 126 Å². The molecule has 3 rings (SSSR count). The number of rotatable bonds is 4. The van der Waals surface area contributed by atoms with Crippen molar-refractivity contribution in [3.8, 4) is 0 Å². The molecule has 0 spiro atoms. The summed E-state index contributed by atoms with van der Waals surface area (Å²) in [6.45, 7) is 0.440. The van der Waals surface area contributed by atoms with Crippen LogP contribution in [0.15, 0.2) is 54.7 Å². The van der Waals surface area contributed by atoms with Crippen molar-refractivity contribution in [1.82, 2.24) is 4.57 Å². The maximum atomic E-state index is 13.5. The van der Waals surface area contributed by atoms with Crippen LogP contribution in [0.4, 0.5) is 14.5 Å². The van der Waals surface area contributed by atoms with Crippen LogP contribution >= 0.6 is 0 Å². The molecule has 0 aliphatic heterocycles. The van der Waals surface area contributed by atoms with Gasteiger partial charge in [-0.2, -0.15) is 0 Å². The number of aromatic nitrogens is 1. The van der Waals surface area contributed by atoms with Crippen molar-refractivity contribution in [2.24, 2.45) is 0 Å². The predicted octanol–water partition coefficient (Wildman–Crippen LogP) is 3.95. The summed E-state index contributed by atoms with van der Waals surface area (Å²) in [5.74, 6) is -1.98. The van der Waals surface area contributed by atoms with Gasteiger partial charge in [0, 0.05) is 24.7 Å². The van der Waals surface area contributed by atoms with Crippen LogP contribution in [0.2, 0.25) is 0 Å². The van der Waals surface area contributed by atoms with Crippen LogP contribution in [-0.4, -0.2) is 10.5 Å². The molecule has 3 nitrogen and oxygen atoms in total. The molecule has 0 fully saturated rings. The molecule has 5 heteroatoms. The van der Waals surface area contributed by atoms with Gasteiger partial charge in [-0.25, -0.2) is 8.78 Å². The van der Waals surface area contributed by atoms with Crippen molar-refractivity contribution in [2.75, 3.05) is 5.32 Å². The first-order valence-electron chi connectivity index (χ1n) is 6.93. The summed E-state index contributed by atoms with van der Waals surface area (Å²) in [7, 11) is 0. The van der Waals surface area contributed by atoms with E-state index in [9.17, 15) is 13.6 Å². The molecule has 0 aliphatic carbocycles. The maximum absolute atomic E-state index is 13.5. The van der Waals surface area contributed by atoms with Gasteiger partial charge in [0.05, 0.1) is 0 Å². The van der Waals surface area contributed by atoms with E-state index in [-0.39, 0.29) is 6.42 Å². The van der Waals surface area contributed by atoms with Crippen molar-refractivity contribution in [1.29, 1.82) is 0 Å². The number of hydrogen-bond acceptors (Lipinski definition) is 1. The lowest BCUT2D eigenvalue weighted by atomic mass is 10.2. The van der Waals surface area contributed by atoms with Crippen LogP contribution < -0.4 is 5.32 Å². The molecule has 22 heavy (non-hydrogen) atoms. The Morgan fingerprint density at radius 3 is 2.50 bits per heavy atom. The van der Waals surface area contributed by atoms with Gasteiger partial charge in [0.2, 0.25) is 5.91 Å². The molecule has 1 aromatic heterocycles. The normalized spacial score (nSPS) is 10.8. The van der Waals surface area contributed by atoms with Crippen molar-refractivity contribution >= 4 is 22.5 Å². The van der Waals surface area contributed by atoms with E-state index >= 15 is 0 Å². The zero-order valence-corrected chi connectivity index (χ0v) is 11.7. The van der Waals surface area contributed by atoms with E-state index in [0.717, 1.165) is 23.0 Å². The van der Waals surface area contributed by atoms with Gasteiger partial charge in [-0.15, -0.1) is 0 Å². The second kappa shape index (κ2) is 5.97. The average Bonchev–Trinajstić information content (AvgIpc) is 2.92. The first-order chi connectivity index (χ1) is 10.6. The minimum atomic E-state index is -0.778. The molecule has 0 unspecified atom stereocenters. The standard InChI is InChI=1S/C17H14F2N2O/c18-13-5-3-6-14(19)17(13)20-16(22)9-11-21-10-8-12-4-1-2-7-15(12)21/h1-8,10H,9,11H2,(H,20,22). The highest BCUT2D eigenvalue weighted by Crippen LogP contribution is 2.19. The third-order valence-corrected chi connectivity index (χ3v) is 3.49. The third kappa shape index (κ3) is 2.83. The fourth-order valence-electron chi connectivity index (χ4n) is 2.38. The summed E-state index contributed by atoms with van der Waals surface area (Å²) < 4.78 is 28.9. The largest absolute Gasteiger partial charge is 0.347 e. The molecule has 112 valence electrons. The summed E-state index contributed by atoms with van der Waals surface area (Å²) >= 11 is 0. The molecular weight excluding hydrogens is 286 g/mol. The van der Waals surface area contributed by atoms with E-state index in [1.807, 2.05) is 41.1 Å². The molecule has 1 amide bonds.